The fourth-order valence-electron chi connectivity index (χ4n) is 3.49. The van der Waals surface area contributed by atoms with E-state index < -0.39 is 5.79 Å². The molecule has 0 radical (unpaired) electrons. The third-order valence-corrected chi connectivity index (χ3v) is 4.58. The number of carbonyl (C=O) groups is 1. The Morgan fingerprint density at radius 2 is 2.05 bits per heavy atom. The molecule has 2 fully saturated rings. The first kappa shape index (κ1) is 15.3. The molecule has 1 unspecified atom stereocenters. The Bertz CT molecular complexity index is 548. The van der Waals surface area contributed by atoms with Crippen LogP contribution in [0.1, 0.15) is 47.5 Å². The van der Waals surface area contributed by atoms with Crippen LogP contribution in [0.4, 0.5) is 0 Å². The monoisotopic (exact) mass is 306 g/mol. The molecule has 1 saturated carbocycles. The number of ether oxygens (including phenoxy) is 4. The molecule has 1 spiro atoms. The zero-order valence-electron chi connectivity index (χ0n) is 13.1. The van der Waals surface area contributed by atoms with Crippen LogP contribution in [0.2, 0.25) is 0 Å². The first-order valence-electron chi connectivity index (χ1n) is 7.71. The van der Waals surface area contributed by atoms with Crippen LogP contribution in [0, 0.1) is 0 Å². The fourth-order valence-corrected chi connectivity index (χ4v) is 3.49. The van der Waals surface area contributed by atoms with E-state index in [4.69, 9.17) is 18.9 Å². The van der Waals surface area contributed by atoms with Crippen molar-refractivity contribution in [2.75, 3.05) is 27.4 Å². The molecule has 1 aliphatic carbocycles. The Balaban J connectivity index is 1.86. The predicted molar refractivity (Wildman–Crippen MR) is 80.2 cm³/mol. The lowest BCUT2D eigenvalue weighted by Crippen LogP contribution is -2.35. The largest absolute Gasteiger partial charge is 0.496 e. The smallest absolute Gasteiger partial charge is 0.341 e. The zero-order chi connectivity index (χ0) is 15.6. The van der Waals surface area contributed by atoms with Gasteiger partial charge in [-0.25, -0.2) is 4.79 Å². The minimum absolute atomic E-state index is 0.321. The number of esters is 1. The molecule has 2 aliphatic rings. The average Bonchev–Trinajstić information content (AvgIpc) is 3.01. The Labute approximate surface area is 130 Å². The van der Waals surface area contributed by atoms with E-state index in [0.717, 1.165) is 31.2 Å². The van der Waals surface area contributed by atoms with E-state index in [1.54, 1.807) is 7.11 Å². The van der Waals surface area contributed by atoms with Gasteiger partial charge in [0.1, 0.15) is 11.3 Å². The highest BCUT2D eigenvalue weighted by molar-refractivity contribution is 5.92. The van der Waals surface area contributed by atoms with E-state index in [-0.39, 0.29) is 5.97 Å². The van der Waals surface area contributed by atoms with Crippen molar-refractivity contribution in [3.63, 3.8) is 0 Å². The molecule has 1 aromatic carbocycles. The van der Waals surface area contributed by atoms with Crippen molar-refractivity contribution in [2.45, 2.75) is 37.4 Å². The van der Waals surface area contributed by atoms with Crippen molar-refractivity contribution in [1.82, 2.24) is 0 Å². The predicted octanol–water partition coefficient (Wildman–Crippen LogP) is 2.88. The van der Waals surface area contributed by atoms with Crippen molar-refractivity contribution in [3.05, 3.63) is 29.3 Å². The number of carbonyl (C=O) groups excluding carboxylic acids is 1. The summed E-state index contributed by atoms with van der Waals surface area (Å²) in [5.41, 5.74) is 1.58. The lowest BCUT2D eigenvalue weighted by atomic mass is 9.80. The van der Waals surface area contributed by atoms with Gasteiger partial charge in [-0.1, -0.05) is 6.07 Å². The highest BCUT2D eigenvalue weighted by Crippen LogP contribution is 2.43. The topological polar surface area (TPSA) is 54.0 Å². The first-order chi connectivity index (χ1) is 10.7. The van der Waals surface area contributed by atoms with Gasteiger partial charge in [0.25, 0.3) is 0 Å². The summed E-state index contributed by atoms with van der Waals surface area (Å²) in [6, 6.07) is 5.73. The summed E-state index contributed by atoms with van der Waals surface area (Å²) >= 11 is 0. The summed E-state index contributed by atoms with van der Waals surface area (Å²) in [7, 11) is 2.93. The van der Waals surface area contributed by atoms with E-state index in [1.165, 1.54) is 7.11 Å². The molecular formula is C17H22O5. The van der Waals surface area contributed by atoms with E-state index in [9.17, 15) is 4.79 Å². The maximum Gasteiger partial charge on any atom is 0.341 e. The second-order valence-electron chi connectivity index (χ2n) is 5.85. The average molecular weight is 306 g/mol. The number of rotatable bonds is 3. The molecule has 0 aromatic heterocycles. The van der Waals surface area contributed by atoms with Crippen molar-refractivity contribution in [2.24, 2.45) is 0 Å². The summed E-state index contributed by atoms with van der Waals surface area (Å²) < 4.78 is 21.8. The second-order valence-corrected chi connectivity index (χ2v) is 5.85. The molecule has 1 aromatic rings. The number of hydrogen-bond donors (Lipinski definition) is 0. The summed E-state index contributed by atoms with van der Waals surface area (Å²) in [4.78, 5) is 11.9. The van der Waals surface area contributed by atoms with Crippen molar-refractivity contribution in [1.29, 1.82) is 0 Å². The fraction of sp³-hybridized carbons (Fsp3) is 0.588. The molecule has 1 saturated heterocycles. The molecule has 5 heteroatoms. The van der Waals surface area contributed by atoms with Gasteiger partial charge in [0.15, 0.2) is 5.79 Å². The van der Waals surface area contributed by atoms with Gasteiger partial charge in [0, 0.05) is 12.8 Å². The third kappa shape index (κ3) is 2.83. The lowest BCUT2D eigenvalue weighted by molar-refractivity contribution is -0.180. The van der Waals surface area contributed by atoms with Gasteiger partial charge in [-0.3, -0.25) is 0 Å². The quantitative estimate of drug-likeness (QED) is 0.804. The van der Waals surface area contributed by atoms with Crippen LogP contribution < -0.4 is 4.74 Å². The molecule has 0 amide bonds. The zero-order valence-corrected chi connectivity index (χ0v) is 13.1. The molecule has 0 bridgehead atoms. The van der Waals surface area contributed by atoms with Gasteiger partial charge in [-0.05, 0) is 36.5 Å². The van der Waals surface area contributed by atoms with Crippen LogP contribution in [-0.4, -0.2) is 39.2 Å². The maximum absolute atomic E-state index is 11.9. The second kappa shape index (κ2) is 6.26. The molecule has 5 nitrogen and oxygen atoms in total. The van der Waals surface area contributed by atoms with Crippen LogP contribution in [0.3, 0.4) is 0 Å². The molecule has 0 N–H and O–H groups in total. The Hall–Kier alpha value is -1.59. The van der Waals surface area contributed by atoms with E-state index in [1.807, 2.05) is 18.2 Å². The van der Waals surface area contributed by atoms with E-state index in [0.29, 0.717) is 30.4 Å². The van der Waals surface area contributed by atoms with Crippen LogP contribution in [0.15, 0.2) is 18.2 Å². The minimum Gasteiger partial charge on any atom is -0.496 e. The van der Waals surface area contributed by atoms with Gasteiger partial charge >= 0.3 is 5.97 Å². The normalized spacial score (nSPS) is 23.5. The Morgan fingerprint density at radius 3 is 2.73 bits per heavy atom. The Kier molecular flexibility index (Phi) is 4.36. The highest BCUT2D eigenvalue weighted by Gasteiger charge is 2.41. The first-order valence-corrected chi connectivity index (χ1v) is 7.71. The molecule has 3 rings (SSSR count). The molecule has 1 heterocycles. The van der Waals surface area contributed by atoms with Crippen molar-refractivity contribution < 1.29 is 23.7 Å². The van der Waals surface area contributed by atoms with Crippen molar-refractivity contribution in [3.8, 4) is 5.75 Å². The molecule has 1 aliphatic heterocycles. The SMILES string of the molecule is COC(=O)c1cc(C2CCCC3(C2)OCCO3)ccc1OC. The third-order valence-electron chi connectivity index (χ3n) is 4.58. The van der Waals surface area contributed by atoms with Gasteiger partial charge in [0.2, 0.25) is 0 Å². The maximum atomic E-state index is 11.9. The van der Waals surface area contributed by atoms with Gasteiger partial charge in [-0.2, -0.15) is 0 Å². The molecule has 22 heavy (non-hydrogen) atoms. The van der Waals surface area contributed by atoms with Crippen molar-refractivity contribution >= 4 is 5.97 Å². The summed E-state index contributed by atoms with van der Waals surface area (Å²) in [5, 5.41) is 0. The summed E-state index contributed by atoms with van der Waals surface area (Å²) in [6.45, 7) is 1.34. The molecule has 1 atom stereocenters. The highest BCUT2D eigenvalue weighted by atomic mass is 16.7. The number of hydrogen-bond acceptors (Lipinski definition) is 5. The van der Waals surface area contributed by atoms with Crippen LogP contribution >= 0.6 is 0 Å². The van der Waals surface area contributed by atoms with Gasteiger partial charge in [0.05, 0.1) is 27.4 Å². The number of methoxy groups -OCH3 is 2. The van der Waals surface area contributed by atoms with Gasteiger partial charge < -0.3 is 18.9 Å². The Morgan fingerprint density at radius 1 is 1.27 bits per heavy atom. The van der Waals surface area contributed by atoms with Crippen LogP contribution in [0.25, 0.3) is 0 Å². The van der Waals surface area contributed by atoms with Crippen LogP contribution in [-0.2, 0) is 14.2 Å². The van der Waals surface area contributed by atoms with E-state index >= 15 is 0 Å². The number of benzene rings is 1. The summed E-state index contributed by atoms with van der Waals surface area (Å²) in [5.74, 6) is 0.0575. The van der Waals surface area contributed by atoms with Crippen LogP contribution in [0.5, 0.6) is 5.75 Å². The molecular weight excluding hydrogens is 284 g/mol. The minimum atomic E-state index is -0.422. The van der Waals surface area contributed by atoms with Gasteiger partial charge in [-0.15, -0.1) is 0 Å². The lowest BCUT2D eigenvalue weighted by Gasteiger charge is -2.36. The standard InChI is InChI=1S/C17H22O5/c1-19-15-6-5-12(10-14(15)16(18)20-2)13-4-3-7-17(11-13)21-8-9-22-17/h5-6,10,13H,3-4,7-9,11H2,1-2H3. The van der Waals surface area contributed by atoms with E-state index in [2.05, 4.69) is 0 Å². The molecule has 120 valence electrons. The summed E-state index contributed by atoms with van der Waals surface area (Å²) in [6.07, 6.45) is 3.91.